The molecule has 0 N–H and O–H groups in total. The van der Waals surface area contributed by atoms with E-state index in [0.717, 1.165) is 40.0 Å². The maximum Gasteiger partial charge on any atom is 0.132 e. The molecule has 2 aromatic carbocycles. The zero-order valence-corrected chi connectivity index (χ0v) is 14.6. The van der Waals surface area contributed by atoms with Crippen LogP contribution in [0.2, 0.25) is 0 Å². The van der Waals surface area contributed by atoms with E-state index in [0.29, 0.717) is 0 Å². The quantitative estimate of drug-likeness (QED) is 0.495. The second-order valence-electron chi connectivity index (χ2n) is 6.01. The van der Waals surface area contributed by atoms with Crippen LogP contribution in [-0.4, -0.2) is 0 Å². The summed E-state index contributed by atoms with van der Waals surface area (Å²) in [5, 5.41) is 0. The number of thiophene rings is 1. The van der Waals surface area contributed by atoms with Crippen LogP contribution in [0.5, 0.6) is 0 Å². The van der Waals surface area contributed by atoms with E-state index in [1.807, 2.05) is 26.0 Å². The van der Waals surface area contributed by atoms with E-state index in [1.165, 1.54) is 10.4 Å². The summed E-state index contributed by atoms with van der Waals surface area (Å²) < 4.78 is 14.7. The highest BCUT2D eigenvalue weighted by molar-refractivity contribution is 7.15. The molecular formula is C21H21FS. The van der Waals surface area contributed by atoms with Gasteiger partial charge in [-0.1, -0.05) is 43.7 Å². The highest BCUT2D eigenvalue weighted by atomic mass is 32.1. The van der Waals surface area contributed by atoms with Crippen molar-refractivity contribution in [1.82, 2.24) is 0 Å². The van der Waals surface area contributed by atoms with Crippen molar-refractivity contribution < 1.29 is 4.39 Å². The van der Waals surface area contributed by atoms with Gasteiger partial charge < -0.3 is 0 Å². The molecule has 1 heterocycles. The number of halogens is 1. The summed E-state index contributed by atoms with van der Waals surface area (Å²) in [7, 11) is 0. The number of aryl methyl sites for hydroxylation is 3. The molecule has 0 saturated heterocycles. The first-order valence-electron chi connectivity index (χ1n) is 8.04. The third kappa shape index (κ3) is 3.37. The average Bonchev–Trinajstić information content (AvgIpc) is 2.94. The molecule has 0 aliphatic rings. The summed E-state index contributed by atoms with van der Waals surface area (Å²) in [6.45, 7) is 6.22. The summed E-state index contributed by atoms with van der Waals surface area (Å²) in [5.41, 5.74) is 5.06. The standard InChI is InChI=1S/C21H21FS/c1-4-5-16-7-9-17(10-8-16)18-12-14(2)21(19(22)13-18)20-11-6-15(3)23-20/h6-13H,4-5H2,1-3H3. The molecular weight excluding hydrogens is 303 g/mol. The summed E-state index contributed by atoms with van der Waals surface area (Å²) in [5.74, 6) is -0.139. The Morgan fingerprint density at radius 2 is 1.65 bits per heavy atom. The van der Waals surface area contributed by atoms with Crippen LogP contribution in [0.1, 0.15) is 29.3 Å². The maximum atomic E-state index is 14.7. The van der Waals surface area contributed by atoms with Crippen molar-refractivity contribution in [3.05, 3.63) is 70.4 Å². The van der Waals surface area contributed by atoms with Gasteiger partial charge in [0.1, 0.15) is 5.82 Å². The third-order valence-electron chi connectivity index (χ3n) is 4.10. The molecule has 0 spiro atoms. The van der Waals surface area contributed by atoms with E-state index in [-0.39, 0.29) is 5.82 Å². The molecule has 0 saturated carbocycles. The lowest BCUT2D eigenvalue weighted by atomic mass is 9.97. The lowest BCUT2D eigenvalue weighted by Gasteiger charge is -2.10. The molecule has 118 valence electrons. The Kier molecular flexibility index (Phi) is 4.63. The van der Waals surface area contributed by atoms with E-state index < -0.39 is 0 Å². The Morgan fingerprint density at radius 1 is 0.913 bits per heavy atom. The normalized spacial score (nSPS) is 11.0. The Labute approximate surface area is 141 Å². The Morgan fingerprint density at radius 3 is 2.22 bits per heavy atom. The van der Waals surface area contributed by atoms with Gasteiger partial charge in [0.25, 0.3) is 0 Å². The van der Waals surface area contributed by atoms with Crippen molar-refractivity contribution in [1.29, 1.82) is 0 Å². The van der Waals surface area contributed by atoms with E-state index in [9.17, 15) is 4.39 Å². The van der Waals surface area contributed by atoms with Crippen LogP contribution in [-0.2, 0) is 6.42 Å². The zero-order chi connectivity index (χ0) is 16.4. The van der Waals surface area contributed by atoms with E-state index in [4.69, 9.17) is 0 Å². The van der Waals surface area contributed by atoms with E-state index >= 15 is 0 Å². The molecule has 0 bridgehead atoms. The Hall–Kier alpha value is -1.93. The minimum absolute atomic E-state index is 0.139. The predicted octanol–water partition coefficient (Wildman–Crippen LogP) is 6.79. The number of benzene rings is 2. The van der Waals surface area contributed by atoms with Gasteiger partial charge in [0.15, 0.2) is 0 Å². The minimum Gasteiger partial charge on any atom is -0.206 e. The summed E-state index contributed by atoms with van der Waals surface area (Å²) >= 11 is 1.64. The first-order valence-corrected chi connectivity index (χ1v) is 8.86. The van der Waals surface area contributed by atoms with Crippen molar-refractivity contribution >= 4 is 11.3 Å². The molecule has 0 unspecified atom stereocenters. The molecule has 1 aromatic heterocycles. The molecule has 0 fully saturated rings. The molecule has 2 heteroatoms. The fourth-order valence-corrected chi connectivity index (χ4v) is 3.92. The van der Waals surface area contributed by atoms with Crippen LogP contribution in [0.3, 0.4) is 0 Å². The van der Waals surface area contributed by atoms with Crippen LogP contribution >= 0.6 is 11.3 Å². The lowest BCUT2D eigenvalue weighted by molar-refractivity contribution is 0.631. The first kappa shape index (κ1) is 15.9. The molecule has 0 aliphatic heterocycles. The van der Waals surface area contributed by atoms with Crippen LogP contribution in [0.25, 0.3) is 21.6 Å². The topological polar surface area (TPSA) is 0 Å². The van der Waals surface area contributed by atoms with Gasteiger partial charge in [-0.25, -0.2) is 4.39 Å². The van der Waals surface area contributed by atoms with Crippen molar-refractivity contribution in [3.63, 3.8) is 0 Å². The fourth-order valence-electron chi connectivity index (χ4n) is 2.94. The first-order chi connectivity index (χ1) is 11.1. The highest BCUT2D eigenvalue weighted by Gasteiger charge is 2.13. The molecule has 0 radical (unpaired) electrons. The van der Waals surface area contributed by atoms with Gasteiger partial charge in [0, 0.05) is 15.3 Å². The second-order valence-corrected chi connectivity index (χ2v) is 7.30. The average molecular weight is 324 g/mol. The van der Waals surface area contributed by atoms with Crippen LogP contribution in [0.4, 0.5) is 4.39 Å². The van der Waals surface area contributed by atoms with Gasteiger partial charge in [-0.3, -0.25) is 0 Å². The van der Waals surface area contributed by atoms with Crippen molar-refractivity contribution in [2.24, 2.45) is 0 Å². The molecule has 3 rings (SSSR count). The largest absolute Gasteiger partial charge is 0.206 e. The van der Waals surface area contributed by atoms with Crippen LogP contribution in [0, 0.1) is 19.7 Å². The van der Waals surface area contributed by atoms with Gasteiger partial charge in [0.05, 0.1) is 0 Å². The predicted molar refractivity (Wildman–Crippen MR) is 98.6 cm³/mol. The molecule has 0 atom stereocenters. The summed E-state index contributed by atoms with van der Waals surface area (Å²) in [6.07, 6.45) is 2.23. The van der Waals surface area contributed by atoms with Gasteiger partial charge >= 0.3 is 0 Å². The van der Waals surface area contributed by atoms with Crippen molar-refractivity contribution in [2.45, 2.75) is 33.6 Å². The lowest BCUT2D eigenvalue weighted by Crippen LogP contribution is -1.90. The summed E-state index contributed by atoms with van der Waals surface area (Å²) in [6, 6.07) is 16.3. The second kappa shape index (κ2) is 6.67. The van der Waals surface area contributed by atoms with Crippen molar-refractivity contribution in [2.75, 3.05) is 0 Å². The molecule has 3 aromatic rings. The maximum absolute atomic E-state index is 14.7. The molecule has 0 amide bonds. The number of hydrogen-bond acceptors (Lipinski definition) is 1. The fraction of sp³-hybridized carbons (Fsp3) is 0.238. The van der Waals surface area contributed by atoms with Gasteiger partial charge in [-0.05, 0) is 60.7 Å². The Balaban J connectivity index is 1.99. The van der Waals surface area contributed by atoms with Gasteiger partial charge in [0.2, 0.25) is 0 Å². The molecule has 23 heavy (non-hydrogen) atoms. The molecule has 0 nitrogen and oxygen atoms in total. The highest BCUT2D eigenvalue weighted by Crippen LogP contribution is 2.35. The SMILES string of the molecule is CCCc1ccc(-c2cc(C)c(-c3ccc(C)s3)c(F)c2)cc1. The third-order valence-corrected chi connectivity index (χ3v) is 5.12. The van der Waals surface area contributed by atoms with E-state index in [2.05, 4.69) is 37.3 Å². The number of hydrogen-bond donors (Lipinski definition) is 0. The minimum atomic E-state index is -0.139. The van der Waals surface area contributed by atoms with Crippen LogP contribution in [0.15, 0.2) is 48.5 Å². The smallest absolute Gasteiger partial charge is 0.132 e. The zero-order valence-electron chi connectivity index (χ0n) is 13.8. The van der Waals surface area contributed by atoms with Gasteiger partial charge in [-0.15, -0.1) is 11.3 Å². The van der Waals surface area contributed by atoms with Gasteiger partial charge in [-0.2, -0.15) is 0 Å². The summed E-state index contributed by atoms with van der Waals surface area (Å²) in [4.78, 5) is 2.21. The van der Waals surface area contributed by atoms with Crippen LogP contribution < -0.4 is 0 Å². The van der Waals surface area contributed by atoms with Crippen molar-refractivity contribution in [3.8, 4) is 21.6 Å². The monoisotopic (exact) mass is 324 g/mol. The molecule has 0 aliphatic carbocycles. The Bertz CT molecular complexity index is 789. The number of rotatable bonds is 4. The van der Waals surface area contributed by atoms with E-state index in [1.54, 1.807) is 17.4 Å².